The molecule has 114 valence electrons. The summed E-state index contributed by atoms with van der Waals surface area (Å²) in [6.07, 6.45) is 4.75. The maximum absolute atomic E-state index is 5.47. The van der Waals surface area contributed by atoms with Crippen molar-refractivity contribution in [1.29, 1.82) is 0 Å². The maximum atomic E-state index is 5.47. The van der Waals surface area contributed by atoms with E-state index in [-0.39, 0.29) is 4.75 Å². The van der Waals surface area contributed by atoms with Crippen LogP contribution in [0.3, 0.4) is 0 Å². The molecule has 0 spiro atoms. The van der Waals surface area contributed by atoms with E-state index in [1.807, 2.05) is 11.8 Å². The van der Waals surface area contributed by atoms with Crippen LogP contribution in [0, 0.1) is 0 Å². The molecule has 1 aliphatic rings. The summed E-state index contributed by atoms with van der Waals surface area (Å²) in [5, 5.41) is 7.66. The van der Waals surface area contributed by atoms with Crippen molar-refractivity contribution < 1.29 is 4.52 Å². The molecule has 2 rings (SSSR count). The summed E-state index contributed by atoms with van der Waals surface area (Å²) in [5.41, 5.74) is 0. The average molecular weight is 297 g/mol. The number of rotatable bonds is 5. The Bertz CT molecular complexity index is 405. The van der Waals surface area contributed by atoms with Gasteiger partial charge in [-0.2, -0.15) is 4.98 Å². The maximum Gasteiger partial charge on any atom is 0.229 e. The van der Waals surface area contributed by atoms with E-state index < -0.39 is 0 Å². The summed E-state index contributed by atoms with van der Waals surface area (Å²) < 4.78 is 5.71. The van der Waals surface area contributed by atoms with E-state index in [1.165, 1.54) is 12.8 Å². The smallest absolute Gasteiger partial charge is 0.229 e. The molecule has 20 heavy (non-hydrogen) atoms. The fourth-order valence-corrected chi connectivity index (χ4v) is 3.29. The van der Waals surface area contributed by atoms with Crippen molar-refractivity contribution in [3.05, 3.63) is 11.7 Å². The normalized spacial score (nSPS) is 24.0. The topological polar surface area (TPSA) is 51.0 Å². The lowest BCUT2D eigenvalue weighted by molar-refractivity contribution is 0.284. The first-order valence-corrected chi connectivity index (χ1v) is 8.66. The Kier molecular flexibility index (Phi) is 5.49. The van der Waals surface area contributed by atoms with E-state index in [1.54, 1.807) is 0 Å². The van der Waals surface area contributed by atoms with Crippen LogP contribution in [0.1, 0.15) is 71.0 Å². The van der Waals surface area contributed by atoms with Crippen molar-refractivity contribution in [3.8, 4) is 0 Å². The third-order valence-electron chi connectivity index (χ3n) is 3.69. The van der Waals surface area contributed by atoms with E-state index in [2.05, 4.69) is 43.2 Å². The van der Waals surface area contributed by atoms with Crippen LogP contribution in [-0.2, 0) is 5.75 Å². The Hall–Kier alpha value is -0.550. The summed E-state index contributed by atoms with van der Waals surface area (Å²) in [7, 11) is 0. The first-order valence-electron chi connectivity index (χ1n) is 7.67. The van der Waals surface area contributed by atoms with Crippen LogP contribution >= 0.6 is 11.8 Å². The molecule has 5 heteroatoms. The summed E-state index contributed by atoms with van der Waals surface area (Å²) in [5.74, 6) is 2.99. The molecule has 1 heterocycles. The molecule has 0 unspecified atom stereocenters. The monoisotopic (exact) mass is 297 g/mol. The molecule has 4 nitrogen and oxygen atoms in total. The molecule has 1 aliphatic carbocycles. The van der Waals surface area contributed by atoms with E-state index in [4.69, 9.17) is 4.52 Å². The van der Waals surface area contributed by atoms with Gasteiger partial charge in [-0.25, -0.2) is 0 Å². The molecule has 1 N–H and O–H groups in total. The lowest BCUT2D eigenvalue weighted by Gasteiger charge is -2.26. The standard InChI is InChI=1S/C15H27N3OS/c1-5-16-12-8-6-11(7-9-12)14-17-13(18-19-14)10-20-15(2,3)4/h11-12,16H,5-10H2,1-4H3. The van der Waals surface area contributed by atoms with Crippen molar-refractivity contribution in [1.82, 2.24) is 15.5 Å². The van der Waals surface area contributed by atoms with Gasteiger partial charge in [0.1, 0.15) is 0 Å². The highest BCUT2D eigenvalue weighted by Gasteiger charge is 2.26. The average Bonchev–Trinajstić information content (AvgIpc) is 2.86. The van der Waals surface area contributed by atoms with Crippen molar-refractivity contribution >= 4 is 11.8 Å². The predicted molar refractivity (Wildman–Crippen MR) is 84.0 cm³/mol. The van der Waals surface area contributed by atoms with Gasteiger partial charge in [0.2, 0.25) is 5.89 Å². The molecule has 0 aromatic carbocycles. The Morgan fingerprint density at radius 1 is 1.25 bits per heavy atom. The van der Waals surface area contributed by atoms with Crippen LogP contribution in [0.25, 0.3) is 0 Å². The van der Waals surface area contributed by atoms with Crippen LogP contribution in [0.4, 0.5) is 0 Å². The molecule has 0 radical (unpaired) electrons. The van der Waals surface area contributed by atoms with Gasteiger partial charge < -0.3 is 9.84 Å². The first kappa shape index (κ1) is 15.8. The number of hydrogen-bond acceptors (Lipinski definition) is 5. The molecular formula is C15H27N3OS. The van der Waals surface area contributed by atoms with E-state index in [0.29, 0.717) is 12.0 Å². The third-order valence-corrected chi connectivity index (χ3v) is 4.96. The zero-order valence-electron chi connectivity index (χ0n) is 13.1. The Morgan fingerprint density at radius 2 is 1.95 bits per heavy atom. The largest absolute Gasteiger partial charge is 0.339 e. The molecular weight excluding hydrogens is 270 g/mol. The molecule has 0 amide bonds. The lowest BCUT2D eigenvalue weighted by atomic mass is 9.86. The zero-order valence-corrected chi connectivity index (χ0v) is 13.9. The van der Waals surface area contributed by atoms with E-state index in [9.17, 15) is 0 Å². The van der Waals surface area contributed by atoms with Crippen molar-refractivity contribution in [3.63, 3.8) is 0 Å². The van der Waals surface area contributed by atoms with Gasteiger partial charge in [0.15, 0.2) is 5.82 Å². The lowest BCUT2D eigenvalue weighted by Crippen LogP contribution is -2.32. The number of thioether (sulfide) groups is 1. The van der Waals surface area contributed by atoms with Gasteiger partial charge in [-0.1, -0.05) is 32.9 Å². The second-order valence-corrected chi connectivity index (χ2v) is 8.36. The van der Waals surface area contributed by atoms with E-state index in [0.717, 1.165) is 36.9 Å². The predicted octanol–water partition coefficient (Wildman–Crippen LogP) is 3.74. The molecule has 1 fully saturated rings. The molecule has 0 atom stereocenters. The molecule has 0 aliphatic heterocycles. The summed E-state index contributed by atoms with van der Waals surface area (Å²) >= 11 is 1.86. The van der Waals surface area contributed by atoms with Crippen LogP contribution in [-0.4, -0.2) is 27.5 Å². The van der Waals surface area contributed by atoms with Crippen LogP contribution < -0.4 is 5.32 Å². The highest BCUT2D eigenvalue weighted by Crippen LogP contribution is 2.32. The fraction of sp³-hybridized carbons (Fsp3) is 0.867. The van der Waals surface area contributed by atoms with Gasteiger partial charge in [0, 0.05) is 16.7 Å². The Morgan fingerprint density at radius 3 is 2.55 bits per heavy atom. The minimum absolute atomic E-state index is 0.241. The molecule has 0 saturated heterocycles. The minimum Gasteiger partial charge on any atom is -0.339 e. The number of aromatic nitrogens is 2. The van der Waals surface area contributed by atoms with Gasteiger partial charge in [0.25, 0.3) is 0 Å². The van der Waals surface area contributed by atoms with Crippen LogP contribution in [0.2, 0.25) is 0 Å². The second kappa shape index (κ2) is 6.94. The first-order chi connectivity index (χ1) is 9.48. The Labute approximate surface area is 126 Å². The van der Waals surface area contributed by atoms with Crippen molar-refractivity contribution in [2.45, 2.75) is 75.8 Å². The van der Waals surface area contributed by atoms with Crippen LogP contribution in [0.15, 0.2) is 4.52 Å². The zero-order chi connectivity index (χ0) is 14.6. The molecule has 1 saturated carbocycles. The van der Waals surface area contributed by atoms with Crippen LogP contribution in [0.5, 0.6) is 0 Å². The fourth-order valence-electron chi connectivity index (χ4n) is 2.61. The van der Waals surface area contributed by atoms with Gasteiger partial charge in [-0.15, -0.1) is 11.8 Å². The summed E-state index contributed by atoms with van der Waals surface area (Å²) in [6.45, 7) is 9.86. The van der Waals surface area contributed by atoms with Crippen molar-refractivity contribution in [2.75, 3.05) is 6.54 Å². The SMILES string of the molecule is CCNC1CCC(c2nc(CSC(C)(C)C)no2)CC1. The summed E-state index contributed by atoms with van der Waals surface area (Å²) in [4.78, 5) is 4.59. The van der Waals surface area contributed by atoms with Gasteiger partial charge in [-0.05, 0) is 32.2 Å². The van der Waals surface area contributed by atoms with Gasteiger partial charge in [-0.3, -0.25) is 0 Å². The number of nitrogens with one attached hydrogen (secondary N) is 1. The molecule has 1 aromatic rings. The quantitative estimate of drug-likeness (QED) is 0.897. The molecule has 0 bridgehead atoms. The second-order valence-electron chi connectivity index (χ2n) is 6.56. The minimum atomic E-state index is 0.241. The van der Waals surface area contributed by atoms with E-state index >= 15 is 0 Å². The molecule has 1 aromatic heterocycles. The third kappa shape index (κ3) is 4.77. The van der Waals surface area contributed by atoms with Gasteiger partial charge >= 0.3 is 0 Å². The Balaban J connectivity index is 1.84. The number of nitrogens with zero attached hydrogens (tertiary/aromatic N) is 2. The summed E-state index contributed by atoms with van der Waals surface area (Å²) in [6, 6.07) is 0.676. The van der Waals surface area contributed by atoms with Gasteiger partial charge in [0.05, 0.1) is 5.75 Å². The van der Waals surface area contributed by atoms with Crippen molar-refractivity contribution in [2.24, 2.45) is 0 Å². The highest BCUT2D eigenvalue weighted by atomic mass is 32.2. The number of hydrogen-bond donors (Lipinski definition) is 1. The highest BCUT2D eigenvalue weighted by molar-refractivity contribution is 7.99.